The molecule has 2 saturated heterocycles. The fraction of sp³-hybridized carbons (Fsp3) is 0.522. The SMILES string of the molecule is NCC(=O)Nc1ncc(-c2cc(N3CC4(CC(=O)C4)C3)nc(N3CC4(CC(=O)C4)C3)n2)c(C(F)F)n1. The first-order valence-electron chi connectivity index (χ1n) is 11.7. The minimum absolute atomic E-state index is 0.0183. The predicted molar refractivity (Wildman–Crippen MR) is 123 cm³/mol. The zero-order valence-corrected chi connectivity index (χ0v) is 19.3. The Morgan fingerprint density at radius 3 is 2.17 bits per heavy atom. The summed E-state index contributed by atoms with van der Waals surface area (Å²) in [4.78, 5) is 55.7. The highest BCUT2D eigenvalue weighted by Crippen LogP contribution is 2.49. The van der Waals surface area contributed by atoms with Crippen molar-refractivity contribution in [1.82, 2.24) is 19.9 Å². The van der Waals surface area contributed by atoms with E-state index in [1.54, 1.807) is 6.07 Å². The lowest BCUT2D eigenvalue weighted by atomic mass is 9.63. The van der Waals surface area contributed by atoms with Gasteiger partial charge in [-0.05, 0) is 0 Å². The molecule has 6 rings (SSSR count). The summed E-state index contributed by atoms with van der Waals surface area (Å²) in [5, 5.41) is 2.29. The van der Waals surface area contributed by atoms with Crippen LogP contribution in [0.3, 0.4) is 0 Å². The highest BCUT2D eigenvalue weighted by molar-refractivity contribution is 5.90. The number of rotatable bonds is 6. The highest BCUT2D eigenvalue weighted by atomic mass is 19.3. The van der Waals surface area contributed by atoms with Crippen molar-refractivity contribution in [2.45, 2.75) is 32.1 Å². The molecule has 0 bridgehead atoms. The number of aromatic nitrogens is 4. The molecule has 4 fully saturated rings. The number of amides is 1. The Morgan fingerprint density at radius 2 is 1.61 bits per heavy atom. The number of nitrogens with one attached hydrogen (secondary N) is 1. The van der Waals surface area contributed by atoms with Gasteiger partial charge >= 0.3 is 0 Å². The third-order valence-corrected chi connectivity index (χ3v) is 7.44. The molecule has 0 aromatic carbocycles. The van der Waals surface area contributed by atoms with E-state index in [0.29, 0.717) is 63.6 Å². The van der Waals surface area contributed by atoms with E-state index in [1.165, 1.54) is 6.20 Å². The van der Waals surface area contributed by atoms with Crippen LogP contribution in [0.25, 0.3) is 11.3 Å². The van der Waals surface area contributed by atoms with Crippen molar-refractivity contribution in [2.24, 2.45) is 16.6 Å². The Bertz CT molecular complexity index is 1210. The molecule has 2 aliphatic carbocycles. The molecular weight excluding hydrogens is 474 g/mol. The van der Waals surface area contributed by atoms with Gasteiger partial charge in [0.05, 0.1) is 12.2 Å². The smallest absolute Gasteiger partial charge is 0.281 e. The Hall–Kier alpha value is -3.61. The zero-order valence-electron chi connectivity index (χ0n) is 19.3. The first-order valence-corrected chi connectivity index (χ1v) is 11.7. The van der Waals surface area contributed by atoms with E-state index in [1.807, 2.05) is 9.80 Å². The average Bonchev–Trinajstić information content (AvgIpc) is 2.76. The van der Waals surface area contributed by atoms with Gasteiger partial charge in [0.1, 0.15) is 23.1 Å². The molecule has 2 saturated carbocycles. The number of halogens is 2. The van der Waals surface area contributed by atoms with E-state index in [4.69, 9.17) is 10.7 Å². The number of carbonyl (C=O) groups excluding carboxylic acids is 3. The molecule has 2 aromatic rings. The standard InChI is InChI=1S/C23H24F2N8O3/c24-19(25)18-14(7-27-20(31-18)30-17(36)6-26)15-1-16(32-8-22(9-32)2-12(34)3-22)29-21(28-15)33-10-23(11-33)4-13(35)5-23/h1,7,19H,2-6,8-11,26H2,(H,27,30,31,36). The van der Waals surface area contributed by atoms with Crippen LogP contribution in [0.4, 0.5) is 26.5 Å². The molecule has 0 unspecified atom stereocenters. The molecule has 36 heavy (non-hydrogen) atoms. The Labute approximate surface area is 204 Å². The summed E-state index contributed by atoms with van der Waals surface area (Å²) in [6.45, 7) is 2.24. The van der Waals surface area contributed by atoms with Crippen LogP contribution in [0.1, 0.15) is 37.8 Å². The summed E-state index contributed by atoms with van der Waals surface area (Å²) in [6.07, 6.45) is 0.448. The lowest BCUT2D eigenvalue weighted by Crippen LogP contribution is -2.64. The van der Waals surface area contributed by atoms with E-state index in [0.717, 1.165) is 0 Å². The third-order valence-electron chi connectivity index (χ3n) is 7.44. The van der Waals surface area contributed by atoms with Crippen molar-refractivity contribution in [3.05, 3.63) is 18.0 Å². The van der Waals surface area contributed by atoms with E-state index in [-0.39, 0.29) is 46.1 Å². The number of Topliss-reactive ketones (excluding diaryl/α,β-unsaturated/α-hetero) is 2. The van der Waals surface area contributed by atoms with Crippen molar-refractivity contribution in [3.8, 4) is 11.3 Å². The van der Waals surface area contributed by atoms with Gasteiger partial charge in [0, 0.05) is 80.5 Å². The largest absolute Gasteiger partial charge is 0.355 e. The van der Waals surface area contributed by atoms with Gasteiger partial charge in [-0.1, -0.05) is 0 Å². The molecule has 188 valence electrons. The zero-order chi connectivity index (χ0) is 25.2. The Morgan fingerprint density at radius 1 is 1.00 bits per heavy atom. The van der Waals surface area contributed by atoms with Crippen LogP contribution < -0.4 is 20.9 Å². The van der Waals surface area contributed by atoms with Gasteiger partial charge in [-0.2, -0.15) is 4.98 Å². The fourth-order valence-electron chi connectivity index (χ4n) is 5.71. The number of carbonyl (C=O) groups is 3. The summed E-state index contributed by atoms with van der Waals surface area (Å²) < 4.78 is 28.0. The molecule has 13 heteroatoms. The van der Waals surface area contributed by atoms with E-state index in [9.17, 15) is 23.2 Å². The van der Waals surface area contributed by atoms with Crippen molar-refractivity contribution in [3.63, 3.8) is 0 Å². The van der Waals surface area contributed by atoms with Crippen molar-refractivity contribution < 1.29 is 23.2 Å². The average molecular weight is 498 g/mol. The molecule has 4 heterocycles. The van der Waals surface area contributed by atoms with Crippen LogP contribution in [0, 0.1) is 10.8 Å². The normalized spacial score (nSPS) is 21.2. The summed E-state index contributed by atoms with van der Waals surface area (Å²) in [6, 6.07) is 1.63. The quantitative estimate of drug-likeness (QED) is 0.593. The topological polar surface area (TPSA) is 147 Å². The van der Waals surface area contributed by atoms with Gasteiger partial charge in [0.2, 0.25) is 17.8 Å². The molecule has 2 aliphatic heterocycles. The first-order chi connectivity index (χ1) is 17.2. The number of alkyl halides is 2. The number of hydrogen-bond donors (Lipinski definition) is 2. The highest BCUT2D eigenvalue weighted by Gasteiger charge is 2.54. The Balaban J connectivity index is 1.33. The summed E-state index contributed by atoms with van der Waals surface area (Å²) in [5.74, 6) is 0.589. The molecule has 4 aliphatic rings. The van der Waals surface area contributed by atoms with Gasteiger partial charge in [0.15, 0.2) is 0 Å². The summed E-state index contributed by atoms with van der Waals surface area (Å²) in [5.41, 5.74) is 4.91. The van der Waals surface area contributed by atoms with Crippen LogP contribution in [0.5, 0.6) is 0 Å². The molecule has 11 nitrogen and oxygen atoms in total. The second kappa shape index (κ2) is 7.95. The second-order valence-corrected chi connectivity index (χ2v) is 10.5. The van der Waals surface area contributed by atoms with Gasteiger partial charge in [-0.3, -0.25) is 19.7 Å². The summed E-state index contributed by atoms with van der Waals surface area (Å²) in [7, 11) is 0. The Kier molecular flexibility index (Phi) is 5.04. The first kappa shape index (κ1) is 22.8. The number of nitrogens with zero attached hydrogens (tertiary/aromatic N) is 6. The minimum atomic E-state index is -2.94. The van der Waals surface area contributed by atoms with E-state index in [2.05, 4.69) is 20.3 Å². The number of hydrogen-bond acceptors (Lipinski definition) is 10. The number of ketones is 2. The maximum Gasteiger partial charge on any atom is 0.281 e. The molecule has 2 spiro atoms. The van der Waals surface area contributed by atoms with Crippen LogP contribution in [-0.2, 0) is 14.4 Å². The van der Waals surface area contributed by atoms with Crippen LogP contribution in [0.2, 0.25) is 0 Å². The molecule has 0 atom stereocenters. The van der Waals surface area contributed by atoms with Crippen molar-refractivity contribution in [1.29, 1.82) is 0 Å². The van der Waals surface area contributed by atoms with Gasteiger partial charge in [0.25, 0.3) is 6.43 Å². The second-order valence-electron chi connectivity index (χ2n) is 10.5. The molecule has 2 aromatic heterocycles. The van der Waals surface area contributed by atoms with E-state index < -0.39 is 18.0 Å². The van der Waals surface area contributed by atoms with E-state index >= 15 is 0 Å². The van der Waals surface area contributed by atoms with Gasteiger partial charge in [-0.25, -0.2) is 23.7 Å². The molecule has 1 amide bonds. The third kappa shape index (κ3) is 3.77. The monoisotopic (exact) mass is 498 g/mol. The number of nitrogens with two attached hydrogens (primary N) is 1. The lowest BCUT2D eigenvalue weighted by molar-refractivity contribution is -0.135. The van der Waals surface area contributed by atoms with Crippen molar-refractivity contribution in [2.75, 3.05) is 47.8 Å². The van der Waals surface area contributed by atoms with Gasteiger partial charge in [-0.15, -0.1) is 0 Å². The molecule has 3 N–H and O–H groups in total. The summed E-state index contributed by atoms with van der Waals surface area (Å²) >= 11 is 0. The van der Waals surface area contributed by atoms with Crippen LogP contribution in [-0.4, -0.2) is 70.1 Å². The van der Waals surface area contributed by atoms with Gasteiger partial charge < -0.3 is 15.5 Å². The maximum absolute atomic E-state index is 14.0. The lowest BCUT2D eigenvalue weighted by Gasteiger charge is -2.56. The van der Waals surface area contributed by atoms with Crippen LogP contribution >= 0.6 is 0 Å². The molecule has 0 radical (unpaired) electrons. The fourth-order valence-corrected chi connectivity index (χ4v) is 5.71. The number of anilines is 3. The maximum atomic E-state index is 14.0. The van der Waals surface area contributed by atoms with Crippen molar-refractivity contribution >= 4 is 35.2 Å². The minimum Gasteiger partial charge on any atom is -0.355 e. The predicted octanol–water partition coefficient (Wildman–Crippen LogP) is 1.11. The molecular formula is C23H24F2N8O3. The van der Waals surface area contributed by atoms with Crippen LogP contribution in [0.15, 0.2) is 12.3 Å².